The van der Waals surface area contributed by atoms with Gasteiger partial charge in [0.05, 0.1) is 4.92 Å². The number of nitrogens with one attached hydrogen (secondary N) is 1. The van der Waals surface area contributed by atoms with Gasteiger partial charge in [-0.25, -0.2) is 9.97 Å². The topological polar surface area (TPSA) is 107 Å². The van der Waals surface area contributed by atoms with Crippen molar-refractivity contribution in [2.75, 3.05) is 11.1 Å². The number of rotatable bonds is 4. The number of benzene rings is 1. The number of aromatic nitrogens is 2. The Labute approximate surface area is 120 Å². The fourth-order valence-corrected chi connectivity index (χ4v) is 1.78. The van der Waals surface area contributed by atoms with Crippen molar-refractivity contribution in [3.63, 3.8) is 0 Å². The molecule has 104 valence electrons. The summed E-state index contributed by atoms with van der Waals surface area (Å²) in [6, 6.07) is 4.62. The zero-order valence-corrected chi connectivity index (χ0v) is 11.4. The number of halogens is 1. The molecule has 0 spiro atoms. The standard InChI is InChI=1S/C12H12ClN5O2/c1-7-2-3-9(18(19)20)4-10(7)15-5-8-6-16-12(13)17-11(8)14/h2-4,6,15H,5H2,1H3,(H2,14,16,17). The molecule has 20 heavy (non-hydrogen) atoms. The van der Waals surface area contributed by atoms with E-state index in [4.69, 9.17) is 17.3 Å². The first-order valence-electron chi connectivity index (χ1n) is 5.73. The van der Waals surface area contributed by atoms with E-state index in [1.54, 1.807) is 6.07 Å². The molecule has 0 aliphatic carbocycles. The number of nitro groups is 1. The van der Waals surface area contributed by atoms with Gasteiger partial charge in [0.2, 0.25) is 5.28 Å². The van der Waals surface area contributed by atoms with Crippen LogP contribution in [0.4, 0.5) is 17.2 Å². The maximum Gasteiger partial charge on any atom is 0.271 e. The van der Waals surface area contributed by atoms with Crippen LogP contribution in [0.15, 0.2) is 24.4 Å². The van der Waals surface area contributed by atoms with Gasteiger partial charge in [0, 0.05) is 36.1 Å². The van der Waals surface area contributed by atoms with Gasteiger partial charge in [0.1, 0.15) is 5.82 Å². The minimum atomic E-state index is -0.440. The van der Waals surface area contributed by atoms with Gasteiger partial charge in [-0.05, 0) is 24.1 Å². The van der Waals surface area contributed by atoms with Crippen LogP contribution in [0.3, 0.4) is 0 Å². The highest BCUT2D eigenvalue weighted by Gasteiger charge is 2.09. The van der Waals surface area contributed by atoms with Crippen molar-refractivity contribution in [1.82, 2.24) is 9.97 Å². The van der Waals surface area contributed by atoms with Crippen LogP contribution in [0.25, 0.3) is 0 Å². The van der Waals surface area contributed by atoms with E-state index in [1.807, 2.05) is 6.92 Å². The molecular formula is C12H12ClN5O2. The Balaban J connectivity index is 2.18. The lowest BCUT2D eigenvalue weighted by Gasteiger charge is -2.10. The number of nitrogen functional groups attached to an aromatic ring is 1. The van der Waals surface area contributed by atoms with Crippen molar-refractivity contribution >= 4 is 28.8 Å². The fourth-order valence-electron chi connectivity index (χ4n) is 1.64. The third-order valence-electron chi connectivity index (χ3n) is 2.77. The first kappa shape index (κ1) is 14.0. The summed E-state index contributed by atoms with van der Waals surface area (Å²) in [6.45, 7) is 2.21. The van der Waals surface area contributed by atoms with Gasteiger partial charge in [-0.1, -0.05) is 6.07 Å². The van der Waals surface area contributed by atoms with E-state index in [9.17, 15) is 10.1 Å². The van der Waals surface area contributed by atoms with Crippen molar-refractivity contribution in [1.29, 1.82) is 0 Å². The molecule has 2 aromatic rings. The second kappa shape index (κ2) is 5.70. The molecule has 0 aliphatic heterocycles. The fraction of sp³-hybridized carbons (Fsp3) is 0.167. The second-order valence-corrected chi connectivity index (χ2v) is 4.50. The number of non-ortho nitro benzene ring substituents is 1. The minimum absolute atomic E-state index is 0.0263. The average molecular weight is 294 g/mol. The Kier molecular flexibility index (Phi) is 3.99. The van der Waals surface area contributed by atoms with E-state index >= 15 is 0 Å². The summed E-state index contributed by atoms with van der Waals surface area (Å²) in [5, 5.41) is 13.9. The predicted molar refractivity (Wildman–Crippen MR) is 76.6 cm³/mol. The molecular weight excluding hydrogens is 282 g/mol. The molecule has 2 rings (SSSR count). The number of hydrogen-bond donors (Lipinski definition) is 2. The first-order valence-corrected chi connectivity index (χ1v) is 6.11. The SMILES string of the molecule is Cc1ccc([N+](=O)[O-])cc1NCc1cnc(Cl)nc1N. The smallest absolute Gasteiger partial charge is 0.271 e. The lowest BCUT2D eigenvalue weighted by Crippen LogP contribution is -2.06. The summed E-state index contributed by atoms with van der Waals surface area (Å²) < 4.78 is 0. The van der Waals surface area contributed by atoms with Crippen LogP contribution < -0.4 is 11.1 Å². The summed E-state index contributed by atoms with van der Waals surface area (Å²) in [7, 11) is 0. The number of nitrogens with zero attached hydrogens (tertiary/aromatic N) is 3. The molecule has 1 aromatic carbocycles. The van der Waals surface area contributed by atoms with Gasteiger partial charge in [0.15, 0.2) is 0 Å². The summed E-state index contributed by atoms with van der Waals surface area (Å²) in [5.74, 6) is 0.278. The third kappa shape index (κ3) is 3.12. The van der Waals surface area contributed by atoms with Crippen LogP contribution in [0, 0.1) is 17.0 Å². The molecule has 0 atom stereocenters. The number of hydrogen-bond acceptors (Lipinski definition) is 6. The molecule has 0 saturated carbocycles. The van der Waals surface area contributed by atoms with Gasteiger partial charge < -0.3 is 11.1 Å². The molecule has 1 aromatic heterocycles. The molecule has 0 bridgehead atoms. The molecule has 0 radical (unpaired) electrons. The largest absolute Gasteiger partial charge is 0.383 e. The quantitative estimate of drug-likeness (QED) is 0.509. The molecule has 0 saturated heterocycles. The predicted octanol–water partition coefficient (Wildman–Crippen LogP) is 2.54. The van der Waals surface area contributed by atoms with Crippen LogP contribution in [0.5, 0.6) is 0 Å². The van der Waals surface area contributed by atoms with E-state index < -0.39 is 4.92 Å². The Bertz CT molecular complexity index is 662. The molecule has 3 N–H and O–H groups in total. The Hall–Kier alpha value is -2.41. The van der Waals surface area contributed by atoms with Crippen LogP contribution in [-0.4, -0.2) is 14.9 Å². The number of aryl methyl sites for hydroxylation is 1. The highest BCUT2D eigenvalue weighted by molar-refractivity contribution is 6.28. The summed E-state index contributed by atoms with van der Waals surface area (Å²) in [5.41, 5.74) is 7.96. The van der Waals surface area contributed by atoms with Gasteiger partial charge >= 0.3 is 0 Å². The number of nitrogens with two attached hydrogens (primary N) is 1. The first-order chi connectivity index (χ1) is 9.47. The zero-order valence-electron chi connectivity index (χ0n) is 10.6. The number of anilines is 2. The highest BCUT2D eigenvalue weighted by Crippen LogP contribution is 2.23. The highest BCUT2D eigenvalue weighted by atomic mass is 35.5. The molecule has 0 unspecified atom stereocenters. The normalized spacial score (nSPS) is 10.3. The van der Waals surface area contributed by atoms with Gasteiger partial charge in [-0.3, -0.25) is 10.1 Å². The van der Waals surface area contributed by atoms with E-state index in [1.165, 1.54) is 18.3 Å². The molecule has 0 aliphatic rings. The van der Waals surface area contributed by atoms with E-state index in [0.29, 0.717) is 17.8 Å². The lowest BCUT2D eigenvalue weighted by atomic mass is 10.1. The van der Waals surface area contributed by atoms with E-state index in [2.05, 4.69) is 15.3 Å². The van der Waals surface area contributed by atoms with E-state index in [0.717, 1.165) is 5.56 Å². The van der Waals surface area contributed by atoms with Crippen molar-refractivity contribution < 1.29 is 4.92 Å². The maximum absolute atomic E-state index is 10.8. The third-order valence-corrected chi connectivity index (χ3v) is 2.95. The molecule has 0 fully saturated rings. The van der Waals surface area contributed by atoms with Crippen LogP contribution in [-0.2, 0) is 6.54 Å². The van der Waals surface area contributed by atoms with Crippen molar-refractivity contribution in [2.45, 2.75) is 13.5 Å². The Morgan fingerprint density at radius 1 is 1.50 bits per heavy atom. The lowest BCUT2D eigenvalue weighted by molar-refractivity contribution is -0.384. The van der Waals surface area contributed by atoms with Crippen molar-refractivity contribution in [2.24, 2.45) is 0 Å². The van der Waals surface area contributed by atoms with Crippen LogP contribution >= 0.6 is 11.6 Å². The monoisotopic (exact) mass is 293 g/mol. The van der Waals surface area contributed by atoms with Gasteiger partial charge in [-0.2, -0.15) is 0 Å². The van der Waals surface area contributed by atoms with Gasteiger partial charge in [-0.15, -0.1) is 0 Å². The van der Waals surface area contributed by atoms with Crippen molar-refractivity contribution in [3.05, 3.63) is 50.9 Å². The van der Waals surface area contributed by atoms with Crippen LogP contribution in [0.1, 0.15) is 11.1 Å². The van der Waals surface area contributed by atoms with E-state index in [-0.39, 0.29) is 16.8 Å². The average Bonchev–Trinajstić information content (AvgIpc) is 2.39. The summed E-state index contributed by atoms with van der Waals surface area (Å²) in [4.78, 5) is 18.0. The second-order valence-electron chi connectivity index (χ2n) is 4.16. The molecule has 0 amide bonds. The van der Waals surface area contributed by atoms with Gasteiger partial charge in [0.25, 0.3) is 5.69 Å². The van der Waals surface area contributed by atoms with Crippen molar-refractivity contribution in [3.8, 4) is 0 Å². The Morgan fingerprint density at radius 3 is 2.90 bits per heavy atom. The van der Waals surface area contributed by atoms with Crippen LogP contribution in [0.2, 0.25) is 5.28 Å². The Morgan fingerprint density at radius 2 is 2.25 bits per heavy atom. The summed E-state index contributed by atoms with van der Waals surface area (Å²) in [6.07, 6.45) is 1.52. The summed E-state index contributed by atoms with van der Waals surface area (Å²) >= 11 is 5.62. The molecule has 8 heteroatoms. The molecule has 7 nitrogen and oxygen atoms in total. The molecule has 1 heterocycles. The minimum Gasteiger partial charge on any atom is -0.383 e. The zero-order chi connectivity index (χ0) is 14.7. The maximum atomic E-state index is 10.8. The number of nitro benzene ring substituents is 1.